The number of hydrogen-bond acceptors (Lipinski definition) is 15. The van der Waals surface area contributed by atoms with Crippen LogP contribution >= 0.6 is 15.6 Å². The van der Waals surface area contributed by atoms with Crippen LogP contribution in [0.4, 0.5) is 0 Å². The van der Waals surface area contributed by atoms with Crippen molar-refractivity contribution in [2.75, 3.05) is 39.6 Å². The maximum atomic E-state index is 13.1. The van der Waals surface area contributed by atoms with Crippen molar-refractivity contribution >= 4 is 39.5 Å². The van der Waals surface area contributed by atoms with E-state index in [2.05, 4.69) is 41.5 Å². The lowest BCUT2D eigenvalue weighted by Crippen LogP contribution is -2.30. The zero-order chi connectivity index (χ0) is 75.6. The third kappa shape index (κ3) is 75.3. The fraction of sp³-hybridized carbons (Fsp3) is 0.952. The van der Waals surface area contributed by atoms with Crippen LogP contribution < -0.4 is 0 Å². The first kappa shape index (κ1) is 101. The summed E-state index contributed by atoms with van der Waals surface area (Å²) in [6.45, 7) is 9.71. The van der Waals surface area contributed by atoms with E-state index in [4.69, 9.17) is 37.0 Å². The molecule has 0 heterocycles. The van der Waals surface area contributed by atoms with E-state index in [9.17, 15) is 43.2 Å². The number of carbonyl (C=O) groups excluding carboxylic acids is 4. The second-order valence-corrected chi connectivity index (χ2v) is 33.6. The largest absolute Gasteiger partial charge is 0.472 e. The Morgan fingerprint density at radius 3 is 0.689 bits per heavy atom. The lowest BCUT2D eigenvalue weighted by Gasteiger charge is -2.21. The topological polar surface area (TPSA) is 237 Å². The standard InChI is InChI=1S/C84H164O17P2/c1-7-11-13-15-17-19-20-21-22-23-24-28-31-34-37-43-49-55-61-67-82(87)95-73-80(101-83(88)68-62-56-50-44-38-35-32-29-26-25-27-30-33-36-41-46-52-58-64-76(5)9-3)75-99-103(92,93)97-71-78(85)70-96-102(90,91)98-74-79(72-94-81(86)66-60-54-48-18-16-14-12-8-2)100-84(89)69-63-57-51-45-40-39-42-47-53-59-65-77(6)10-4/h76-80,85H,7-75H2,1-6H3,(H,90,91)(H,92,93)/t76?,77?,78-,79+,80+/m0/s1. The summed E-state index contributed by atoms with van der Waals surface area (Å²) in [5, 5.41) is 10.6. The molecule has 103 heavy (non-hydrogen) atoms. The van der Waals surface area contributed by atoms with Gasteiger partial charge in [0.15, 0.2) is 12.2 Å². The van der Waals surface area contributed by atoms with Gasteiger partial charge in [-0.1, -0.05) is 395 Å². The normalized spacial score (nSPS) is 14.4. The number of carbonyl (C=O) groups is 4. The number of phosphoric acid groups is 2. The highest BCUT2D eigenvalue weighted by Crippen LogP contribution is 2.45. The van der Waals surface area contributed by atoms with Gasteiger partial charge in [0.25, 0.3) is 0 Å². The van der Waals surface area contributed by atoms with Crippen LogP contribution in [0.5, 0.6) is 0 Å². The van der Waals surface area contributed by atoms with Gasteiger partial charge in [0, 0.05) is 25.7 Å². The molecule has 0 aliphatic carbocycles. The van der Waals surface area contributed by atoms with Crippen molar-refractivity contribution in [2.24, 2.45) is 11.8 Å². The molecule has 0 radical (unpaired) electrons. The number of unbranched alkanes of at least 4 members (excludes halogenated alkanes) is 51. The molecule has 0 aliphatic rings. The number of aliphatic hydroxyl groups is 1. The van der Waals surface area contributed by atoms with Gasteiger partial charge in [-0.05, 0) is 37.5 Å². The van der Waals surface area contributed by atoms with Gasteiger partial charge < -0.3 is 33.8 Å². The molecule has 0 bridgehead atoms. The highest BCUT2D eigenvalue weighted by Gasteiger charge is 2.30. The van der Waals surface area contributed by atoms with Crippen LogP contribution in [0.2, 0.25) is 0 Å². The van der Waals surface area contributed by atoms with Crippen LogP contribution in [-0.2, 0) is 65.4 Å². The fourth-order valence-electron chi connectivity index (χ4n) is 13.0. The van der Waals surface area contributed by atoms with Crippen LogP contribution in [0.15, 0.2) is 0 Å². The van der Waals surface area contributed by atoms with E-state index >= 15 is 0 Å². The van der Waals surface area contributed by atoms with E-state index in [1.165, 1.54) is 257 Å². The number of ether oxygens (including phenoxy) is 4. The van der Waals surface area contributed by atoms with E-state index in [0.29, 0.717) is 25.7 Å². The number of hydrogen-bond donors (Lipinski definition) is 3. The molecule has 0 aliphatic heterocycles. The molecule has 0 fully saturated rings. The van der Waals surface area contributed by atoms with E-state index in [0.717, 1.165) is 108 Å². The lowest BCUT2D eigenvalue weighted by molar-refractivity contribution is -0.161. The van der Waals surface area contributed by atoms with Crippen molar-refractivity contribution in [3.05, 3.63) is 0 Å². The zero-order valence-electron chi connectivity index (χ0n) is 67.6. The third-order valence-corrected chi connectivity index (χ3v) is 22.3. The SMILES string of the molecule is CCCCCCCCCCCCCCCCCCCCCC(=O)OC[C@H](COP(=O)(O)OC[C@@H](O)COP(=O)(O)OC[C@@H](COC(=O)CCCCCCCCCC)OC(=O)CCCCCCCCCCCCC(C)CC)OC(=O)CCCCCCCCCCCCCCCCCCCCC(C)CC. The minimum atomic E-state index is -4.96. The number of rotatable bonds is 83. The number of esters is 4. The van der Waals surface area contributed by atoms with E-state index in [-0.39, 0.29) is 25.7 Å². The van der Waals surface area contributed by atoms with Crippen molar-refractivity contribution in [3.8, 4) is 0 Å². The van der Waals surface area contributed by atoms with Crippen LogP contribution in [0, 0.1) is 11.8 Å². The van der Waals surface area contributed by atoms with Crippen molar-refractivity contribution in [3.63, 3.8) is 0 Å². The van der Waals surface area contributed by atoms with Gasteiger partial charge in [-0.3, -0.25) is 37.3 Å². The second kappa shape index (κ2) is 75.5. The summed E-state index contributed by atoms with van der Waals surface area (Å²) in [5.41, 5.74) is 0. The Balaban J connectivity index is 5.19. The van der Waals surface area contributed by atoms with Gasteiger partial charge in [-0.15, -0.1) is 0 Å². The summed E-state index contributed by atoms with van der Waals surface area (Å²) in [6.07, 6.45) is 66.7. The molecule has 0 aromatic heterocycles. The van der Waals surface area contributed by atoms with Crippen LogP contribution in [0.1, 0.15) is 446 Å². The van der Waals surface area contributed by atoms with Crippen LogP contribution in [0.3, 0.4) is 0 Å². The Labute approximate surface area is 632 Å². The van der Waals surface area contributed by atoms with Gasteiger partial charge in [-0.25, -0.2) is 9.13 Å². The average Bonchev–Trinajstić information content (AvgIpc) is 1.40. The van der Waals surface area contributed by atoms with E-state index in [1.54, 1.807) is 0 Å². The summed E-state index contributed by atoms with van der Waals surface area (Å²) >= 11 is 0. The first-order valence-corrected chi connectivity index (χ1v) is 46.6. The Hall–Kier alpha value is -1.94. The molecule has 0 aromatic carbocycles. The highest BCUT2D eigenvalue weighted by molar-refractivity contribution is 7.47. The van der Waals surface area contributed by atoms with Crippen molar-refractivity contribution in [1.82, 2.24) is 0 Å². The minimum absolute atomic E-state index is 0.106. The van der Waals surface area contributed by atoms with Crippen LogP contribution in [0.25, 0.3) is 0 Å². The first-order valence-electron chi connectivity index (χ1n) is 43.6. The maximum Gasteiger partial charge on any atom is 0.472 e. The minimum Gasteiger partial charge on any atom is -0.462 e. The maximum absolute atomic E-state index is 13.1. The quantitative estimate of drug-likeness (QED) is 0.0222. The Morgan fingerprint density at radius 1 is 0.272 bits per heavy atom. The van der Waals surface area contributed by atoms with Gasteiger partial charge in [0.1, 0.15) is 19.3 Å². The highest BCUT2D eigenvalue weighted by atomic mass is 31.2. The van der Waals surface area contributed by atoms with Crippen molar-refractivity contribution in [1.29, 1.82) is 0 Å². The zero-order valence-corrected chi connectivity index (χ0v) is 69.4. The Morgan fingerprint density at radius 2 is 0.466 bits per heavy atom. The molecular weight excluding hydrogens is 1340 g/mol. The van der Waals surface area contributed by atoms with E-state index < -0.39 is 97.5 Å². The fourth-order valence-corrected chi connectivity index (χ4v) is 14.6. The van der Waals surface area contributed by atoms with Crippen molar-refractivity contribution in [2.45, 2.75) is 464 Å². The van der Waals surface area contributed by atoms with Gasteiger partial charge in [0.2, 0.25) is 0 Å². The number of phosphoric ester groups is 2. The summed E-state index contributed by atoms with van der Waals surface area (Å²) in [7, 11) is -9.92. The van der Waals surface area contributed by atoms with Gasteiger partial charge in [0.05, 0.1) is 26.4 Å². The Kier molecular flexibility index (Phi) is 74.1. The molecule has 0 amide bonds. The molecule has 612 valence electrons. The summed E-state index contributed by atoms with van der Waals surface area (Å²) in [5.74, 6) is -0.434. The van der Waals surface area contributed by atoms with Gasteiger partial charge in [-0.2, -0.15) is 0 Å². The first-order chi connectivity index (χ1) is 49.9. The van der Waals surface area contributed by atoms with Crippen molar-refractivity contribution < 1.29 is 80.2 Å². The summed E-state index contributed by atoms with van der Waals surface area (Å²) in [6, 6.07) is 0. The molecule has 4 unspecified atom stereocenters. The average molecular weight is 1510 g/mol. The molecule has 0 saturated heterocycles. The second-order valence-electron chi connectivity index (χ2n) is 30.7. The Bertz CT molecular complexity index is 1980. The molecule has 0 spiro atoms. The molecule has 0 saturated carbocycles. The van der Waals surface area contributed by atoms with Crippen LogP contribution in [-0.4, -0.2) is 96.7 Å². The molecule has 17 nitrogen and oxygen atoms in total. The monoisotopic (exact) mass is 1510 g/mol. The predicted molar refractivity (Wildman–Crippen MR) is 423 cm³/mol. The molecule has 3 N–H and O–H groups in total. The molecule has 7 atom stereocenters. The molecule has 0 rings (SSSR count). The summed E-state index contributed by atoms with van der Waals surface area (Å²) in [4.78, 5) is 73.0. The molecule has 0 aromatic rings. The van der Waals surface area contributed by atoms with Gasteiger partial charge >= 0.3 is 39.5 Å². The third-order valence-electron chi connectivity index (χ3n) is 20.4. The predicted octanol–water partition coefficient (Wildman–Crippen LogP) is 25.5. The molecule has 19 heteroatoms. The van der Waals surface area contributed by atoms with E-state index in [1.807, 2.05) is 0 Å². The molecular formula is C84H164O17P2. The lowest BCUT2D eigenvalue weighted by atomic mass is 9.99. The smallest absolute Gasteiger partial charge is 0.462 e. The number of aliphatic hydroxyl groups excluding tert-OH is 1. The summed E-state index contributed by atoms with van der Waals surface area (Å²) < 4.78 is 68.7.